The highest BCUT2D eigenvalue weighted by molar-refractivity contribution is 6.04. The molecule has 0 aliphatic carbocycles. The van der Waals surface area contributed by atoms with Crippen molar-refractivity contribution in [1.82, 2.24) is 10.1 Å². The number of amides is 1. The van der Waals surface area contributed by atoms with Gasteiger partial charge in [-0.05, 0) is 68.8 Å². The minimum Gasteiger partial charge on any atom is -0.481 e. The molecule has 0 aliphatic rings. The predicted octanol–water partition coefficient (Wildman–Crippen LogP) is 4.17. The summed E-state index contributed by atoms with van der Waals surface area (Å²) in [6.45, 7) is 3.29. The fraction of sp³-hybridized carbons (Fsp3) is 0.238. The van der Waals surface area contributed by atoms with Gasteiger partial charge in [-0.1, -0.05) is 5.16 Å². The monoisotopic (exact) mass is 397 g/mol. The van der Waals surface area contributed by atoms with Gasteiger partial charge in [0.2, 0.25) is 11.7 Å². The lowest BCUT2D eigenvalue weighted by atomic mass is 9.88. The van der Waals surface area contributed by atoms with Gasteiger partial charge in [0.1, 0.15) is 5.82 Å². The third kappa shape index (κ3) is 5.04. The smallest absolute Gasteiger partial charge is 0.309 e. The van der Waals surface area contributed by atoms with Crippen LogP contribution in [-0.4, -0.2) is 27.1 Å². The largest absolute Gasteiger partial charge is 0.481 e. The summed E-state index contributed by atoms with van der Waals surface area (Å²) >= 11 is 0. The Bertz CT molecular complexity index is 1010. The predicted molar refractivity (Wildman–Crippen MR) is 104 cm³/mol. The zero-order chi connectivity index (χ0) is 21.0. The fourth-order valence-corrected chi connectivity index (χ4v) is 2.51. The summed E-state index contributed by atoms with van der Waals surface area (Å²) in [4.78, 5) is 27.6. The molecule has 3 rings (SSSR count). The van der Waals surface area contributed by atoms with Gasteiger partial charge in [-0.15, -0.1) is 0 Å². The second-order valence-corrected chi connectivity index (χ2v) is 7.24. The van der Waals surface area contributed by atoms with Crippen molar-refractivity contribution in [3.05, 3.63) is 65.8 Å². The number of nitrogens with one attached hydrogen (secondary N) is 1. The molecule has 1 aromatic heterocycles. The van der Waals surface area contributed by atoms with E-state index in [0.717, 1.165) is 0 Å². The molecular formula is C21H20FN3O4. The van der Waals surface area contributed by atoms with Crippen molar-refractivity contribution in [1.29, 1.82) is 0 Å². The Balaban J connectivity index is 1.63. The van der Waals surface area contributed by atoms with Crippen LogP contribution in [0.3, 0.4) is 0 Å². The molecule has 0 fully saturated rings. The highest BCUT2D eigenvalue weighted by Gasteiger charge is 2.27. The Hall–Kier alpha value is -3.55. The molecule has 1 amide bonds. The first-order valence-corrected chi connectivity index (χ1v) is 8.98. The fourth-order valence-electron chi connectivity index (χ4n) is 2.51. The first-order chi connectivity index (χ1) is 13.7. The normalized spacial score (nSPS) is 11.3. The molecule has 0 atom stereocenters. The number of carbonyl (C=O) groups is 2. The van der Waals surface area contributed by atoms with Crippen molar-refractivity contribution in [2.45, 2.75) is 26.7 Å². The molecule has 0 aliphatic heterocycles. The summed E-state index contributed by atoms with van der Waals surface area (Å²) in [5, 5.41) is 15.8. The highest BCUT2D eigenvalue weighted by atomic mass is 19.1. The minimum absolute atomic E-state index is 0.347. The van der Waals surface area contributed by atoms with Crippen LogP contribution >= 0.6 is 0 Å². The van der Waals surface area contributed by atoms with Crippen LogP contribution < -0.4 is 5.32 Å². The molecular weight excluding hydrogens is 377 g/mol. The van der Waals surface area contributed by atoms with Crippen LogP contribution in [-0.2, 0) is 11.2 Å². The maximum absolute atomic E-state index is 12.9. The van der Waals surface area contributed by atoms with Gasteiger partial charge in [-0.2, -0.15) is 4.98 Å². The van der Waals surface area contributed by atoms with E-state index < -0.39 is 17.2 Å². The number of aryl methyl sites for hydroxylation is 1. The molecule has 8 heteroatoms. The summed E-state index contributed by atoms with van der Waals surface area (Å²) in [7, 11) is 0. The Kier molecular flexibility index (Phi) is 5.72. The molecule has 7 nitrogen and oxygen atoms in total. The molecule has 0 saturated carbocycles. The third-order valence-electron chi connectivity index (χ3n) is 4.52. The summed E-state index contributed by atoms with van der Waals surface area (Å²) < 4.78 is 18.2. The van der Waals surface area contributed by atoms with Crippen LogP contribution in [0.15, 0.2) is 53.1 Å². The van der Waals surface area contributed by atoms with Crippen molar-refractivity contribution in [3.8, 4) is 11.4 Å². The van der Waals surface area contributed by atoms with Crippen molar-refractivity contribution in [3.63, 3.8) is 0 Å². The molecule has 1 heterocycles. The maximum Gasteiger partial charge on any atom is 0.309 e. The lowest BCUT2D eigenvalue weighted by Gasteiger charge is -2.17. The minimum atomic E-state index is -0.879. The lowest BCUT2D eigenvalue weighted by molar-refractivity contribution is -0.147. The lowest BCUT2D eigenvalue weighted by Crippen LogP contribution is -2.24. The number of carbonyl (C=O) groups excluding carboxylic acids is 1. The van der Waals surface area contributed by atoms with Gasteiger partial charge in [0.05, 0.1) is 5.41 Å². The second-order valence-electron chi connectivity index (χ2n) is 7.24. The molecule has 0 unspecified atom stereocenters. The topological polar surface area (TPSA) is 105 Å². The van der Waals surface area contributed by atoms with Crippen LogP contribution in [0.1, 0.15) is 36.5 Å². The Morgan fingerprint density at radius 1 is 1.10 bits per heavy atom. The maximum atomic E-state index is 12.9. The van der Waals surface area contributed by atoms with Crippen molar-refractivity contribution >= 4 is 17.6 Å². The van der Waals surface area contributed by atoms with E-state index in [-0.39, 0.29) is 5.91 Å². The third-order valence-corrected chi connectivity index (χ3v) is 4.52. The molecule has 0 saturated heterocycles. The van der Waals surface area contributed by atoms with Crippen LogP contribution in [0.25, 0.3) is 11.4 Å². The average Bonchev–Trinajstić information content (AvgIpc) is 3.16. The van der Waals surface area contributed by atoms with Gasteiger partial charge in [0.25, 0.3) is 5.91 Å². The quantitative estimate of drug-likeness (QED) is 0.620. The van der Waals surface area contributed by atoms with Gasteiger partial charge in [0, 0.05) is 23.2 Å². The number of benzene rings is 2. The molecule has 3 aromatic rings. The Labute approximate surface area is 166 Å². The standard InChI is InChI=1S/C21H20FN3O4/c1-21(2,20(27)28)12-11-17-24-18(25-29-17)13-5-9-16(10-6-13)23-19(26)14-3-7-15(22)8-4-14/h3-10H,11-12H2,1-2H3,(H,23,26)(H,27,28). The number of anilines is 1. The Morgan fingerprint density at radius 3 is 2.38 bits per heavy atom. The van der Waals surface area contributed by atoms with Crippen molar-refractivity contribution < 1.29 is 23.6 Å². The van der Waals surface area contributed by atoms with E-state index in [1.54, 1.807) is 38.1 Å². The summed E-state index contributed by atoms with van der Waals surface area (Å²) in [5.74, 6) is -0.888. The second kappa shape index (κ2) is 8.22. The van der Waals surface area contributed by atoms with Crippen LogP contribution in [0, 0.1) is 11.2 Å². The van der Waals surface area contributed by atoms with Gasteiger partial charge >= 0.3 is 5.97 Å². The van der Waals surface area contributed by atoms with Crippen LogP contribution in [0.4, 0.5) is 10.1 Å². The molecule has 2 aromatic carbocycles. The first-order valence-electron chi connectivity index (χ1n) is 8.98. The van der Waals surface area contributed by atoms with E-state index in [4.69, 9.17) is 9.63 Å². The van der Waals surface area contributed by atoms with E-state index in [0.29, 0.717) is 41.4 Å². The number of halogens is 1. The zero-order valence-corrected chi connectivity index (χ0v) is 16.0. The molecule has 0 spiro atoms. The van der Waals surface area contributed by atoms with Crippen LogP contribution in [0.2, 0.25) is 0 Å². The van der Waals surface area contributed by atoms with E-state index in [9.17, 15) is 14.0 Å². The number of hydrogen-bond donors (Lipinski definition) is 2. The van der Waals surface area contributed by atoms with Crippen molar-refractivity contribution in [2.75, 3.05) is 5.32 Å². The number of carboxylic acids is 1. The number of aromatic nitrogens is 2. The number of rotatable bonds is 7. The van der Waals surface area contributed by atoms with E-state index in [1.807, 2.05) is 0 Å². The molecule has 0 bridgehead atoms. The van der Waals surface area contributed by atoms with Crippen LogP contribution in [0.5, 0.6) is 0 Å². The average molecular weight is 397 g/mol. The number of carboxylic acid groups (broad SMARTS) is 1. The zero-order valence-electron chi connectivity index (χ0n) is 16.0. The number of nitrogens with zero attached hydrogens (tertiary/aromatic N) is 2. The molecule has 150 valence electrons. The number of hydrogen-bond acceptors (Lipinski definition) is 5. The van der Waals surface area contributed by atoms with E-state index >= 15 is 0 Å². The SMILES string of the molecule is CC(C)(CCc1nc(-c2ccc(NC(=O)c3ccc(F)cc3)cc2)no1)C(=O)O. The van der Waals surface area contributed by atoms with Gasteiger partial charge in [-0.25, -0.2) is 4.39 Å². The Morgan fingerprint density at radius 2 is 1.76 bits per heavy atom. The van der Waals surface area contributed by atoms with E-state index in [2.05, 4.69) is 15.5 Å². The molecule has 0 radical (unpaired) electrons. The first kappa shape index (κ1) is 20.2. The van der Waals surface area contributed by atoms with Gasteiger partial charge < -0.3 is 14.9 Å². The van der Waals surface area contributed by atoms with Gasteiger partial charge in [0.15, 0.2) is 0 Å². The van der Waals surface area contributed by atoms with Gasteiger partial charge in [-0.3, -0.25) is 9.59 Å². The summed E-state index contributed by atoms with van der Waals surface area (Å²) in [6.07, 6.45) is 0.733. The van der Waals surface area contributed by atoms with E-state index in [1.165, 1.54) is 24.3 Å². The summed E-state index contributed by atoms with van der Waals surface area (Å²) in [6, 6.07) is 12.1. The van der Waals surface area contributed by atoms with Crippen molar-refractivity contribution in [2.24, 2.45) is 5.41 Å². The number of aliphatic carboxylic acids is 1. The highest BCUT2D eigenvalue weighted by Crippen LogP contribution is 2.24. The summed E-state index contributed by atoms with van der Waals surface area (Å²) in [5.41, 5.74) is 0.730. The molecule has 29 heavy (non-hydrogen) atoms. The molecule has 2 N–H and O–H groups in total.